The van der Waals surface area contributed by atoms with Gasteiger partial charge in [-0.05, 0) is 17.4 Å². The predicted octanol–water partition coefficient (Wildman–Crippen LogP) is 3.78. The average molecular weight is 226 g/mol. The van der Waals surface area contributed by atoms with Crippen LogP contribution in [0.2, 0.25) is 0 Å². The van der Waals surface area contributed by atoms with Gasteiger partial charge < -0.3 is 0 Å². The molecule has 0 aliphatic heterocycles. The molecule has 0 saturated heterocycles. The first-order valence-electron chi connectivity index (χ1n) is 5.39. The van der Waals surface area contributed by atoms with E-state index >= 15 is 0 Å². The molecule has 1 nitrogen and oxygen atoms in total. The van der Waals surface area contributed by atoms with E-state index in [2.05, 4.69) is 38.2 Å². The summed E-state index contributed by atoms with van der Waals surface area (Å²) >= 11 is 6.20. The van der Waals surface area contributed by atoms with E-state index in [0.717, 1.165) is 13.0 Å². The fourth-order valence-electron chi connectivity index (χ4n) is 1.43. The smallest absolute Gasteiger partial charge is 0.0833 e. The highest BCUT2D eigenvalue weighted by Crippen LogP contribution is 2.22. The van der Waals surface area contributed by atoms with Crippen molar-refractivity contribution in [2.75, 3.05) is 0 Å². The highest BCUT2D eigenvalue weighted by molar-refractivity contribution is 6.20. The summed E-state index contributed by atoms with van der Waals surface area (Å²) in [5, 5.41) is 3.32. The van der Waals surface area contributed by atoms with Gasteiger partial charge in [0.15, 0.2) is 0 Å². The van der Waals surface area contributed by atoms with Gasteiger partial charge in [-0.2, -0.15) is 0 Å². The van der Waals surface area contributed by atoms with Gasteiger partial charge in [0.05, 0.1) is 5.50 Å². The number of rotatable bonds is 4. The maximum absolute atomic E-state index is 6.20. The molecule has 1 atom stereocenters. The van der Waals surface area contributed by atoms with Gasteiger partial charge in [-0.3, -0.25) is 5.32 Å². The number of hydrogen-bond acceptors (Lipinski definition) is 1. The minimum atomic E-state index is 0.0465. The highest BCUT2D eigenvalue weighted by Gasteiger charge is 2.15. The summed E-state index contributed by atoms with van der Waals surface area (Å²) in [5.74, 6) is 0. The molecule has 1 rings (SSSR count). The summed E-state index contributed by atoms with van der Waals surface area (Å²) in [6.07, 6.45) is 0.974. The van der Waals surface area contributed by atoms with Crippen LogP contribution in [0, 0.1) is 5.41 Å². The third-order valence-corrected chi connectivity index (χ3v) is 2.47. The highest BCUT2D eigenvalue weighted by atomic mass is 35.5. The van der Waals surface area contributed by atoms with Crippen molar-refractivity contribution < 1.29 is 0 Å². The third-order valence-electron chi connectivity index (χ3n) is 2.16. The first kappa shape index (κ1) is 12.5. The average Bonchev–Trinajstić information content (AvgIpc) is 2.14. The van der Waals surface area contributed by atoms with Crippen LogP contribution in [-0.4, -0.2) is 5.50 Å². The summed E-state index contributed by atoms with van der Waals surface area (Å²) in [6.45, 7) is 7.44. The SMILES string of the molecule is CC(C)(C)CC(Cl)NCc1ccccc1. The first-order valence-corrected chi connectivity index (χ1v) is 5.82. The van der Waals surface area contributed by atoms with Crippen molar-refractivity contribution in [1.82, 2.24) is 5.32 Å². The molecule has 0 aliphatic rings. The zero-order chi connectivity index (χ0) is 11.3. The molecule has 0 spiro atoms. The minimum Gasteiger partial charge on any atom is -0.297 e. The minimum absolute atomic E-state index is 0.0465. The quantitative estimate of drug-likeness (QED) is 0.608. The van der Waals surface area contributed by atoms with E-state index in [1.54, 1.807) is 0 Å². The van der Waals surface area contributed by atoms with E-state index in [9.17, 15) is 0 Å². The van der Waals surface area contributed by atoms with Crippen LogP contribution in [0.25, 0.3) is 0 Å². The van der Waals surface area contributed by atoms with E-state index in [1.807, 2.05) is 18.2 Å². The number of benzene rings is 1. The molecule has 1 N–H and O–H groups in total. The fourth-order valence-corrected chi connectivity index (χ4v) is 1.97. The zero-order valence-electron chi connectivity index (χ0n) is 9.76. The van der Waals surface area contributed by atoms with Gasteiger partial charge in [0.25, 0.3) is 0 Å². The molecule has 0 aromatic heterocycles. The second kappa shape index (κ2) is 5.53. The molecule has 2 heteroatoms. The van der Waals surface area contributed by atoms with Crippen molar-refractivity contribution in [3.8, 4) is 0 Å². The summed E-state index contributed by atoms with van der Waals surface area (Å²) in [5.41, 5.74) is 1.60. The molecule has 1 aromatic rings. The maximum atomic E-state index is 6.20. The Morgan fingerprint density at radius 2 is 1.80 bits per heavy atom. The Labute approximate surface area is 97.8 Å². The molecule has 84 valence electrons. The molecule has 15 heavy (non-hydrogen) atoms. The fraction of sp³-hybridized carbons (Fsp3) is 0.538. The van der Waals surface area contributed by atoms with E-state index in [4.69, 9.17) is 11.6 Å². The van der Waals surface area contributed by atoms with E-state index in [-0.39, 0.29) is 10.9 Å². The molecule has 0 heterocycles. The molecule has 0 saturated carbocycles. The van der Waals surface area contributed by atoms with Crippen LogP contribution in [0.3, 0.4) is 0 Å². The largest absolute Gasteiger partial charge is 0.297 e. The van der Waals surface area contributed by atoms with Crippen molar-refractivity contribution in [3.05, 3.63) is 35.9 Å². The van der Waals surface area contributed by atoms with Crippen molar-refractivity contribution in [2.45, 2.75) is 39.2 Å². The van der Waals surface area contributed by atoms with Crippen LogP contribution in [0.5, 0.6) is 0 Å². The molecule has 0 aliphatic carbocycles. The number of hydrogen-bond donors (Lipinski definition) is 1. The second-order valence-electron chi connectivity index (χ2n) is 5.10. The molecular formula is C13H20ClN. The molecule has 0 amide bonds. The van der Waals surface area contributed by atoms with Crippen molar-refractivity contribution in [2.24, 2.45) is 5.41 Å². The Hall–Kier alpha value is -0.530. The molecule has 0 bridgehead atoms. The molecular weight excluding hydrogens is 206 g/mol. The summed E-state index contributed by atoms with van der Waals surface area (Å²) in [6, 6.07) is 10.3. The van der Waals surface area contributed by atoms with Gasteiger partial charge in [-0.25, -0.2) is 0 Å². The zero-order valence-corrected chi connectivity index (χ0v) is 10.5. The van der Waals surface area contributed by atoms with Crippen LogP contribution in [-0.2, 0) is 6.54 Å². The number of nitrogens with one attached hydrogen (secondary N) is 1. The molecule has 0 radical (unpaired) electrons. The topological polar surface area (TPSA) is 12.0 Å². The van der Waals surface area contributed by atoms with Crippen LogP contribution >= 0.6 is 11.6 Å². The molecule has 1 aromatic carbocycles. The van der Waals surface area contributed by atoms with Crippen LogP contribution in [0.15, 0.2) is 30.3 Å². The summed E-state index contributed by atoms with van der Waals surface area (Å²) < 4.78 is 0. The molecule has 0 fully saturated rings. The van der Waals surface area contributed by atoms with Gasteiger partial charge >= 0.3 is 0 Å². The second-order valence-corrected chi connectivity index (χ2v) is 5.63. The van der Waals surface area contributed by atoms with Gasteiger partial charge in [-0.1, -0.05) is 51.1 Å². The van der Waals surface area contributed by atoms with Crippen molar-refractivity contribution in [1.29, 1.82) is 0 Å². The molecule has 1 unspecified atom stereocenters. The lowest BCUT2D eigenvalue weighted by Crippen LogP contribution is -2.27. The monoisotopic (exact) mass is 225 g/mol. The van der Waals surface area contributed by atoms with E-state index in [1.165, 1.54) is 5.56 Å². The Bertz CT molecular complexity index is 276. The van der Waals surface area contributed by atoms with Crippen LogP contribution in [0.4, 0.5) is 0 Å². The normalized spacial score (nSPS) is 13.9. The van der Waals surface area contributed by atoms with Crippen molar-refractivity contribution in [3.63, 3.8) is 0 Å². The Balaban J connectivity index is 2.32. The number of halogens is 1. The maximum Gasteiger partial charge on any atom is 0.0833 e. The predicted molar refractivity (Wildman–Crippen MR) is 67.0 cm³/mol. The Kier molecular flexibility index (Phi) is 4.62. The van der Waals surface area contributed by atoms with Gasteiger partial charge in [0.1, 0.15) is 0 Å². The van der Waals surface area contributed by atoms with Crippen LogP contribution < -0.4 is 5.32 Å². The Morgan fingerprint density at radius 3 is 2.33 bits per heavy atom. The van der Waals surface area contributed by atoms with Gasteiger partial charge in [0, 0.05) is 6.54 Å². The number of alkyl halides is 1. The lowest BCUT2D eigenvalue weighted by atomic mass is 9.92. The third kappa shape index (κ3) is 5.81. The lowest BCUT2D eigenvalue weighted by molar-refractivity contribution is 0.350. The summed E-state index contributed by atoms with van der Waals surface area (Å²) in [7, 11) is 0. The van der Waals surface area contributed by atoms with E-state index < -0.39 is 0 Å². The van der Waals surface area contributed by atoms with Gasteiger partial charge in [0.2, 0.25) is 0 Å². The summed E-state index contributed by atoms with van der Waals surface area (Å²) in [4.78, 5) is 0. The first-order chi connectivity index (χ1) is 6.97. The Morgan fingerprint density at radius 1 is 1.20 bits per heavy atom. The van der Waals surface area contributed by atoms with Crippen molar-refractivity contribution >= 4 is 11.6 Å². The van der Waals surface area contributed by atoms with Gasteiger partial charge in [-0.15, -0.1) is 11.6 Å². The van der Waals surface area contributed by atoms with E-state index in [0.29, 0.717) is 0 Å². The lowest BCUT2D eigenvalue weighted by Gasteiger charge is -2.22. The van der Waals surface area contributed by atoms with Crippen LogP contribution in [0.1, 0.15) is 32.8 Å². The standard InChI is InChI=1S/C13H20ClN/c1-13(2,3)9-12(14)15-10-11-7-5-4-6-8-11/h4-8,12,15H,9-10H2,1-3H3.